The first-order chi connectivity index (χ1) is 5.57. The molecule has 0 aromatic carbocycles. The molecule has 0 saturated heterocycles. The summed E-state index contributed by atoms with van der Waals surface area (Å²) >= 11 is 0. The molecule has 0 heterocycles. The number of hydrogen-bond acceptors (Lipinski definition) is 3. The molecule has 5 heteroatoms. The fourth-order valence-electron chi connectivity index (χ4n) is 0.634. The standard InChI is InChI=1S/C7H16N2O2S/c1-3-6(8)7(10)9-4-5-12(2)11/h6H,3-5,8H2,1-2H3,(H,9,10)/t6-,12?/m0/s1. The molecule has 0 aliphatic rings. The van der Waals surface area contributed by atoms with Gasteiger partial charge in [0.05, 0.1) is 6.04 Å². The Kier molecular flexibility index (Phi) is 5.92. The summed E-state index contributed by atoms with van der Waals surface area (Å²) in [4.78, 5) is 11.0. The van der Waals surface area contributed by atoms with Crippen molar-refractivity contribution in [1.82, 2.24) is 5.32 Å². The van der Waals surface area contributed by atoms with E-state index in [9.17, 15) is 9.00 Å². The van der Waals surface area contributed by atoms with Gasteiger partial charge >= 0.3 is 0 Å². The van der Waals surface area contributed by atoms with Crippen LogP contribution in [0.1, 0.15) is 13.3 Å². The second-order valence-electron chi connectivity index (χ2n) is 2.58. The van der Waals surface area contributed by atoms with Crippen LogP contribution in [0.4, 0.5) is 0 Å². The van der Waals surface area contributed by atoms with E-state index in [4.69, 9.17) is 5.73 Å². The molecule has 1 unspecified atom stereocenters. The molecule has 0 spiro atoms. The predicted molar refractivity (Wildman–Crippen MR) is 50.2 cm³/mol. The summed E-state index contributed by atoms with van der Waals surface area (Å²) in [6.07, 6.45) is 2.23. The highest BCUT2D eigenvalue weighted by atomic mass is 32.2. The lowest BCUT2D eigenvalue weighted by atomic mass is 10.2. The van der Waals surface area contributed by atoms with Gasteiger partial charge in [-0.25, -0.2) is 0 Å². The third-order valence-electron chi connectivity index (χ3n) is 1.47. The summed E-state index contributed by atoms with van der Waals surface area (Å²) in [6.45, 7) is 2.29. The van der Waals surface area contributed by atoms with Crippen LogP contribution in [0.5, 0.6) is 0 Å². The van der Waals surface area contributed by atoms with Crippen molar-refractivity contribution in [3.05, 3.63) is 0 Å². The van der Waals surface area contributed by atoms with E-state index in [0.29, 0.717) is 18.7 Å². The van der Waals surface area contributed by atoms with Gasteiger partial charge in [-0.3, -0.25) is 9.00 Å². The number of nitrogens with one attached hydrogen (secondary N) is 1. The van der Waals surface area contributed by atoms with E-state index >= 15 is 0 Å². The van der Waals surface area contributed by atoms with Crippen molar-refractivity contribution in [2.45, 2.75) is 19.4 Å². The molecule has 4 nitrogen and oxygen atoms in total. The Morgan fingerprint density at radius 1 is 1.67 bits per heavy atom. The number of carbonyl (C=O) groups excluding carboxylic acids is 1. The zero-order valence-corrected chi connectivity index (χ0v) is 8.32. The van der Waals surface area contributed by atoms with Gasteiger partial charge in [0.15, 0.2) is 0 Å². The summed E-state index contributed by atoms with van der Waals surface area (Å²) in [5, 5.41) is 2.61. The van der Waals surface area contributed by atoms with Gasteiger partial charge in [-0.2, -0.15) is 0 Å². The van der Waals surface area contributed by atoms with E-state index in [-0.39, 0.29) is 5.91 Å². The van der Waals surface area contributed by atoms with Crippen LogP contribution < -0.4 is 11.1 Å². The monoisotopic (exact) mass is 192 g/mol. The van der Waals surface area contributed by atoms with E-state index < -0.39 is 16.8 Å². The van der Waals surface area contributed by atoms with Gasteiger partial charge < -0.3 is 11.1 Å². The van der Waals surface area contributed by atoms with Crippen LogP contribution in [0.25, 0.3) is 0 Å². The minimum absolute atomic E-state index is 0.164. The first kappa shape index (κ1) is 11.6. The topological polar surface area (TPSA) is 72.2 Å². The van der Waals surface area contributed by atoms with Gasteiger partial charge in [0.1, 0.15) is 0 Å². The fourth-order valence-corrected chi connectivity index (χ4v) is 1.02. The number of hydrogen-bond donors (Lipinski definition) is 2. The van der Waals surface area contributed by atoms with Gasteiger partial charge in [0, 0.05) is 29.4 Å². The average Bonchev–Trinajstić information content (AvgIpc) is 2.02. The highest BCUT2D eigenvalue weighted by Gasteiger charge is 2.09. The summed E-state index contributed by atoms with van der Waals surface area (Å²) in [6, 6.07) is -0.435. The molecule has 0 radical (unpaired) electrons. The lowest BCUT2D eigenvalue weighted by molar-refractivity contribution is -0.122. The molecule has 0 aliphatic heterocycles. The second kappa shape index (κ2) is 6.14. The summed E-state index contributed by atoms with van der Waals surface area (Å²) in [7, 11) is -0.853. The van der Waals surface area contributed by atoms with Crippen molar-refractivity contribution >= 4 is 16.7 Å². The van der Waals surface area contributed by atoms with Crippen molar-refractivity contribution in [2.75, 3.05) is 18.6 Å². The van der Waals surface area contributed by atoms with Crippen molar-refractivity contribution < 1.29 is 9.00 Å². The zero-order valence-electron chi connectivity index (χ0n) is 7.50. The molecule has 72 valence electrons. The van der Waals surface area contributed by atoms with E-state index in [1.165, 1.54) is 0 Å². The Balaban J connectivity index is 3.50. The Morgan fingerprint density at radius 3 is 2.67 bits per heavy atom. The average molecular weight is 192 g/mol. The van der Waals surface area contributed by atoms with Crippen LogP contribution in [0.3, 0.4) is 0 Å². The summed E-state index contributed by atoms with van der Waals surface area (Å²) < 4.78 is 10.6. The lowest BCUT2D eigenvalue weighted by Crippen LogP contribution is -2.41. The SMILES string of the molecule is CC[C@H](N)C(=O)NCCS(C)=O. The molecule has 0 saturated carbocycles. The molecule has 0 rings (SSSR count). The van der Waals surface area contributed by atoms with E-state index in [1.54, 1.807) is 6.26 Å². The van der Waals surface area contributed by atoms with Gasteiger partial charge in [-0.15, -0.1) is 0 Å². The van der Waals surface area contributed by atoms with Crippen molar-refractivity contribution in [3.8, 4) is 0 Å². The Bertz CT molecular complexity index is 173. The molecule has 0 bridgehead atoms. The first-order valence-corrected chi connectivity index (χ1v) is 5.64. The maximum atomic E-state index is 11.0. The maximum Gasteiger partial charge on any atom is 0.236 e. The molecule has 3 N–H and O–H groups in total. The van der Waals surface area contributed by atoms with E-state index in [0.717, 1.165) is 0 Å². The smallest absolute Gasteiger partial charge is 0.236 e. The molecule has 2 atom stereocenters. The van der Waals surface area contributed by atoms with Crippen LogP contribution >= 0.6 is 0 Å². The maximum absolute atomic E-state index is 11.0. The number of nitrogens with two attached hydrogens (primary N) is 1. The zero-order chi connectivity index (χ0) is 9.56. The highest BCUT2D eigenvalue weighted by molar-refractivity contribution is 7.84. The van der Waals surface area contributed by atoms with Crippen molar-refractivity contribution in [1.29, 1.82) is 0 Å². The van der Waals surface area contributed by atoms with Gasteiger partial charge in [0.25, 0.3) is 0 Å². The molecule has 0 aliphatic carbocycles. The summed E-state index contributed by atoms with van der Waals surface area (Å²) in [5.74, 6) is 0.324. The van der Waals surface area contributed by atoms with Gasteiger partial charge in [0.2, 0.25) is 5.91 Å². The molecule has 12 heavy (non-hydrogen) atoms. The first-order valence-electron chi connectivity index (χ1n) is 3.91. The number of amides is 1. The van der Waals surface area contributed by atoms with Crippen LogP contribution in [0, 0.1) is 0 Å². The fraction of sp³-hybridized carbons (Fsp3) is 0.857. The third kappa shape index (κ3) is 5.26. The number of carbonyl (C=O) groups is 1. The quantitative estimate of drug-likeness (QED) is 0.600. The molecule has 0 fully saturated rings. The number of rotatable bonds is 5. The Morgan fingerprint density at radius 2 is 2.25 bits per heavy atom. The predicted octanol–water partition coefficient (Wildman–Crippen LogP) is -0.782. The van der Waals surface area contributed by atoms with Crippen LogP contribution in [0.15, 0.2) is 0 Å². The van der Waals surface area contributed by atoms with E-state index in [1.807, 2.05) is 6.92 Å². The molecule has 0 aromatic rings. The van der Waals surface area contributed by atoms with Crippen LogP contribution in [-0.4, -0.2) is 34.7 Å². The molecule has 1 amide bonds. The van der Waals surface area contributed by atoms with Gasteiger partial charge in [-0.1, -0.05) is 6.92 Å². The van der Waals surface area contributed by atoms with Crippen LogP contribution in [0.2, 0.25) is 0 Å². The minimum Gasteiger partial charge on any atom is -0.354 e. The van der Waals surface area contributed by atoms with Crippen molar-refractivity contribution in [2.24, 2.45) is 5.73 Å². The normalized spacial score (nSPS) is 15.2. The minimum atomic E-state index is -0.853. The van der Waals surface area contributed by atoms with Crippen molar-refractivity contribution in [3.63, 3.8) is 0 Å². The Hall–Kier alpha value is -0.420. The molecule has 0 aromatic heterocycles. The highest BCUT2D eigenvalue weighted by Crippen LogP contribution is 1.84. The third-order valence-corrected chi connectivity index (χ3v) is 2.24. The van der Waals surface area contributed by atoms with Gasteiger partial charge in [-0.05, 0) is 6.42 Å². The van der Waals surface area contributed by atoms with Crippen LogP contribution in [-0.2, 0) is 15.6 Å². The lowest BCUT2D eigenvalue weighted by Gasteiger charge is -2.08. The van der Waals surface area contributed by atoms with E-state index in [2.05, 4.69) is 5.32 Å². The molecular weight excluding hydrogens is 176 g/mol. The largest absolute Gasteiger partial charge is 0.354 e. The molecular formula is C7H16N2O2S. The summed E-state index contributed by atoms with van der Waals surface area (Å²) in [5.41, 5.74) is 5.45. The Labute approximate surface area is 75.4 Å². The second-order valence-corrected chi connectivity index (χ2v) is 4.14.